The van der Waals surface area contributed by atoms with E-state index in [0.717, 1.165) is 11.3 Å². The fourth-order valence-electron chi connectivity index (χ4n) is 2.71. The number of anilines is 1. The van der Waals surface area contributed by atoms with E-state index in [1.165, 1.54) is 6.20 Å². The average Bonchev–Trinajstić information content (AvgIpc) is 2.73. The molecule has 2 aromatic carbocycles. The van der Waals surface area contributed by atoms with Gasteiger partial charge in [0.05, 0.1) is 6.61 Å². The Kier molecular flexibility index (Phi) is 6.07. The Hall–Kier alpha value is -2.46. The van der Waals surface area contributed by atoms with Gasteiger partial charge in [-0.1, -0.05) is 36.4 Å². The molecular formula is C21H23N2O3P. The Morgan fingerprint density at radius 2 is 1.74 bits per heavy atom. The molecule has 0 unspecified atom stereocenters. The molecule has 0 saturated carbocycles. The third-order valence-corrected chi connectivity index (χ3v) is 6.77. The van der Waals surface area contributed by atoms with Gasteiger partial charge >= 0.3 is 0 Å². The quantitative estimate of drug-likeness (QED) is 0.627. The van der Waals surface area contributed by atoms with Gasteiger partial charge in [0, 0.05) is 43.0 Å². The number of rotatable bonds is 7. The number of hydrogen-bond donors (Lipinski definition) is 1. The van der Waals surface area contributed by atoms with Crippen molar-refractivity contribution in [2.75, 3.05) is 19.0 Å². The van der Waals surface area contributed by atoms with Gasteiger partial charge in [-0.05, 0) is 35.9 Å². The third-order valence-electron chi connectivity index (χ3n) is 4.30. The molecule has 0 amide bonds. The van der Waals surface area contributed by atoms with Crippen LogP contribution in [0.25, 0.3) is 0 Å². The lowest BCUT2D eigenvalue weighted by molar-refractivity contribution is 0.210. The van der Waals surface area contributed by atoms with Crippen LogP contribution >= 0.6 is 7.37 Å². The molecule has 0 bridgehead atoms. The standard InChI is InChI=1S/C21H23N2O3P/c1-23(2)19-10-12-20(13-11-19)27(25,21(24)18-9-6-14-22-15-18)26-16-17-7-4-3-5-8-17/h3-15,21,24H,16H2,1-2H3/t21-,27-/m1/s1. The molecule has 3 rings (SSSR count). The summed E-state index contributed by atoms with van der Waals surface area (Å²) in [6.07, 6.45) is 3.12. The van der Waals surface area contributed by atoms with Gasteiger partial charge < -0.3 is 14.5 Å². The van der Waals surface area contributed by atoms with Crippen LogP contribution in [0.4, 0.5) is 5.69 Å². The lowest BCUT2D eigenvalue weighted by Crippen LogP contribution is -2.16. The van der Waals surface area contributed by atoms with Crippen LogP contribution in [0, 0.1) is 0 Å². The molecule has 2 atom stereocenters. The van der Waals surface area contributed by atoms with Crippen molar-refractivity contribution in [1.29, 1.82) is 0 Å². The number of hydrogen-bond acceptors (Lipinski definition) is 5. The second-order valence-electron chi connectivity index (χ2n) is 6.43. The van der Waals surface area contributed by atoms with Crippen molar-refractivity contribution in [2.24, 2.45) is 0 Å². The number of pyridine rings is 1. The van der Waals surface area contributed by atoms with Crippen LogP contribution in [0.1, 0.15) is 17.0 Å². The van der Waals surface area contributed by atoms with E-state index in [1.807, 2.05) is 61.5 Å². The number of aliphatic hydroxyl groups excluding tert-OH is 1. The van der Waals surface area contributed by atoms with Gasteiger partial charge in [0.1, 0.15) is 0 Å². The summed E-state index contributed by atoms with van der Waals surface area (Å²) in [7, 11) is 0.268. The summed E-state index contributed by atoms with van der Waals surface area (Å²) >= 11 is 0. The van der Waals surface area contributed by atoms with Crippen LogP contribution in [0.15, 0.2) is 79.1 Å². The van der Waals surface area contributed by atoms with Gasteiger partial charge in [-0.3, -0.25) is 9.55 Å². The Morgan fingerprint density at radius 1 is 1.04 bits per heavy atom. The SMILES string of the molecule is CN(C)c1ccc([P@@](=O)(OCc2ccccc2)[C@@H](O)c2cccnc2)cc1. The minimum Gasteiger partial charge on any atom is -0.378 e. The summed E-state index contributed by atoms with van der Waals surface area (Å²) in [5, 5.41) is 11.4. The summed E-state index contributed by atoms with van der Waals surface area (Å²) in [5.74, 6) is -1.29. The van der Waals surface area contributed by atoms with Crippen LogP contribution in [0.3, 0.4) is 0 Å². The largest absolute Gasteiger partial charge is 0.378 e. The minimum atomic E-state index is -3.60. The molecular weight excluding hydrogens is 359 g/mol. The van der Waals surface area contributed by atoms with Crippen LogP contribution in [-0.4, -0.2) is 24.2 Å². The molecule has 0 aliphatic heterocycles. The molecule has 3 aromatic rings. The van der Waals surface area contributed by atoms with Crippen molar-refractivity contribution in [3.63, 3.8) is 0 Å². The van der Waals surface area contributed by atoms with E-state index in [2.05, 4.69) is 4.98 Å². The van der Waals surface area contributed by atoms with Crippen LogP contribution in [0.5, 0.6) is 0 Å². The van der Waals surface area contributed by atoms with Crippen molar-refractivity contribution in [2.45, 2.75) is 12.5 Å². The van der Waals surface area contributed by atoms with Crippen molar-refractivity contribution in [1.82, 2.24) is 4.98 Å². The molecule has 0 radical (unpaired) electrons. The Balaban J connectivity index is 1.96. The maximum atomic E-state index is 13.9. The number of aliphatic hydroxyl groups is 1. The van der Waals surface area contributed by atoms with E-state index in [4.69, 9.17) is 4.52 Å². The first-order chi connectivity index (χ1) is 13.0. The second kappa shape index (κ2) is 8.49. The van der Waals surface area contributed by atoms with Crippen molar-refractivity contribution in [3.8, 4) is 0 Å². The van der Waals surface area contributed by atoms with E-state index in [9.17, 15) is 9.67 Å². The Labute approximate surface area is 159 Å². The monoisotopic (exact) mass is 382 g/mol. The van der Waals surface area contributed by atoms with E-state index in [0.29, 0.717) is 10.9 Å². The number of nitrogens with zero attached hydrogens (tertiary/aromatic N) is 2. The van der Waals surface area contributed by atoms with Gasteiger partial charge in [0.2, 0.25) is 0 Å². The zero-order valence-corrected chi connectivity index (χ0v) is 16.3. The molecule has 0 fully saturated rings. The molecule has 5 nitrogen and oxygen atoms in total. The molecule has 140 valence electrons. The molecule has 1 heterocycles. The zero-order chi connectivity index (χ0) is 19.3. The summed E-state index contributed by atoms with van der Waals surface area (Å²) in [4.78, 5) is 5.98. The molecule has 0 aliphatic carbocycles. The highest BCUT2D eigenvalue weighted by Crippen LogP contribution is 2.58. The molecule has 0 aliphatic rings. The van der Waals surface area contributed by atoms with Gasteiger partial charge in [0.15, 0.2) is 5.85 Å². The highest BCUT2D eigenvalue weighted by atomic mass is 31.2. The summed E-state index contributed by atoms with van der Waals surface area (Å²) in [6, 6.07) is 20.1. The Morgan fingerprint density at radius 3 is 2.33 bits per heavy atom. The summed E-state index contributed by atoms with van der Waals surface area (Å²) in [5.41, 5.74) is 2.33. The maximum Gasteiger partial charge on any atom is 0.264 e. The normalized spacial score (nSPS) is 14.3. The van der Waals surface area contributed by atoms with Crippen molar-refractivity contribution < 1.29 is 14.2 Å². The van der Waals surface area contributed by atoms with E-state index in [1.54, 1.807) is 30.5 Å². The van der Waals surface area contributed by atoms with Crippen molar-refractivity contribution >= 4 is 18.4 Å². The maximum absolute atomic E-state index is 13.9. The van der Waals surface area contributed by atoms with Crippen LogP contribution in [0.2, 0.25) is 0 Å². The van der Waals surface area contributed by atoms with Gasteiger partial charge in [-0.15, -0.1) is 0 Å². The fourth-order valence-corrected chi connectivity index (χ4v) is 4.74. The van der Waals surface area contributed by atoms with Crippen LogP contribution in [-0.2, 0) is 15.7 Å². The van der Waals surface area contributed by atoms with Crippen LogP contribution < -0.4 is 10.2 Å². The molecule has 0 saturated heterocycles. The number of aromatic nitrogens is 1. The highest BCUT2D eigenvalue weighted by molar-refractivity contribution is 7.67. The lowest BCUT2D eigenvalue weighted by Gasteiger charge is -2.25. The van der Waals surface area contributed by atoms with Gasteiger partial charge in [0.25, 0.3) is 7.37 Å². The predicted octanol–water partition coefficient (Wildman–Crippen LogP) is 3.96. The first-order valence-electron chi connectivity index (χ1n) is 8.65. The topological polar surface area (TPSA) is 62.7 Å². The van der Waals surface area contributed by atoms with E-state index in [-0.39, 0.29) is 6.61 Å². The predicted molar refractivity (Wildman–Crippen MR) is 108 cm³/mol. The first kappa shape index (κ1) is 19.3. The summed E-state index contributed by atoms with van der Waals surface area (Å²) in [6.45, 7) is 0.144. The first-order valence-corrected chi connectivity index (χ1v) is 10.3. The Bertz CT molecular complexity index is 900. The molecule has 6 heteroatoms. The molecule has 1 N–H and O–H groups in total. The number of benzene rings is 2. The minimum absolute atomic E-state index is 0.144. The molecule has 0 spiro atoms. The lowest BCUT2D eigenvalue weighted by atomic mass is 10.2. The van der Waals surface area contributed by atoms with Crippen molar-refractivity contribution in [3.05, 3.63) is 90.3 Å². The fraction of sp³-hybridized carbons (Fsp3) is 0.190. The molecule has 27 heavy (non-hydrogen) atoms. The summed E-state index contributed by atoms with van der Waals surface area (Å²) < 4.78 is 19.7. The second-order valence-corrected chi connectivity index (χ2v) is 8.88. The van der Waals surface area contributed by atoms with E-state index >= 15 is 0 Å². The smallest absolute Gasteiger partial charge is 0.264 e. The highest BCUT2D eigenvalue weighted by Gasteiger charge is 2.36. The van der Waals surface area contributed by atoms with E-state index < -0.39 is 13.2 Å². The average molecular weight is 382 g/mol. The third kappa shape index (κ3) is 4.45. The van der Waals surface area contributed by atoms with Gasteiger partial charge in [-0.2, -0.15) is 0 Å². The van der Waals surface area contributed by atoms with Gasteiger partial charge in [-0.25, -0.2) is 0 Å². The molecule has 1 aromatic heterocycles. The zero-order valence-electron chi connectivity index (χ0n) is 15.4.